The summed E-state index contributed by atoms with van der Waals surface area (Å²) in [5.41, 5.74) is 9.03. The number of carbonyl (C=O) groups excluding carboxylic acids is 1. The minimum absolute atomic E-state index is 0.465. The molecule has 5 nitrogen and oxygen atoms in total. The largest absolute Gasteiger partial charge is 0.410 e. The van der Waals surface area contributed by atoms with Crippen molar-refractivity contribution in [2.45, 2.75) is 20.8 Å². The second-order valence-electron chi connectivity index (χ2n) is 4.64. The molecule has 0 spiro atoms. The molecule has 19 heavy (non-hydrogen) atoms. The van der Waals surface area contributed by atoms with Gasteiger partial charge in [0, 0.05) is 22.1 Å². The number of ether oxygens (including phenoxy) is 1. The number of benzene rings is 1. The van der Waals surface area contributed by atoms with Gasteiger partial charge in [-0.2, -0.15) is 0 Å². The predicted molar refractivity (Wildman–Crippen MR) is 71.4 cm³/mol. The number of aliphatic imine (C=N–C) groups is 1. The van der Waals surface area contributed by atoms with Crippen LogP contribution in [0.25, 0.3) is 5.57 Å². The van der Waals surface area contributed by atoms with E-state index < -0.39 is 6.09 Å². The van der Waals surface area contributed by atoms with E-state index in [1.54, 1.807) is 6.07 Å². The van der Waals surface area contributed by atoms with Gasteiger partial charge in [0.05, 0.1) is 5.36 Å². The van der Waals surface area contributed by atoms with Crippen LogP contribution in [0.3, 0.4) is 0 Å². The zero-order valence-electron chi connectivity index (χ0n) is 10.9. The first kappa shape index (κ1) is 11.6. The highest BCUT2D eigenvalue weighted by Gasteiger charge is 2.24. The molecule has 3 rings (SSSR count). The van der Waals surface area contributed by atoms with Gasteiger partial charge in [0.15, 0.2) is 5.84 Å². The molecular weight excluding hydrogens is 242 g/mol. The standard InChI is InChI=1S/C14H13N3O2/c1-6-8(3)16-13-12(6)11-7(2)10(19-14(15)18)5-4-9(11)17-13/h4-5H,1-3H3,(H2,15,18). The van der Waals surface area contributed by atoms with Gasteiger partial charge < -0.3 is 10.5 Å². The van der Waals surface area contributed by atoms with E-state index in [-0.39, 0.29) is 0 Å². The smallest absolute Gasteiger partial charge is 0.409 e. The summed E-state index contributed by atoms with van der Waals surface area (Å²) < 4.78 is 5.01. The molecule has 0 fully saturated rings. The van der Waals surface area contributed by atoms with Crippen molar-refractivity contribution < 1.29 is 9.53 Å². The van der Waals surface area contributed by atoms with E-state index in [9.17, 15) is 4.79 Å². The van der Waals surface area contributed by atoms with Crippen molar-refractivity contribution in [1.29, 1.82) is 0 Å². The van der Waals surface area contributed by atoms with E-state index in [2.05, 4.69) is 9.98 Å². The van der Waals surface area contributed by atoms with Gasteiger partial charge in [-0.3, -0.25) is 0 Å². The molecule has 96 valence electrons. The average Bonchev–Trinajstić information content (AvgIpc) is 2.81. The summed E-state index contributed by atoms with van der Waals surface area (Å²) in [5.74, 6) is 1.21. The highest BCUT2D eigenvalue weighted by molar-refractivity contribution is 6.26. The van der Waals surface area contributed by atoms with Gasteiger partial charge in [-0.05, 0) is 38.5 Å². The van der Waals surface area contributed by atoms with Crippen molar-refractivity contribution in [3.05, 3.63) is 39.5 Å². The Morgan fingerprint density at radius 2 is 1.95 bits per heavy atom. The van der Waals surface area contributed by atoms with Gasteiger partial charge in [0.25, 0.3) is 0 Å². The molecule has 2 heterocycles. The van der Waals surface area contributed by atoms with Crippen LogP contribution < -0.4 is 21.0 Å². The zero-order valence-corrected chi connectivity index (χ0v) is 10.9. The Bertz CT molecular complexity index is 801. The number of allylic oxidation sites excluding steroid dienone is 1. The lowest BCUT2D eigenvalue weighted by molar-refractivity contribution is 0.210. The molecule has 5 heteroatoms. The number of hydrogen-bond donors (Lipinski definition) is 1. The number of carbonyl (C=O) groups is 1. The molecule has 0 atom stereocenters. The number of nitrogens with zero attached hydrogens (tertiary/aromatic N) is 2. The van der Waals surface area contributed by atoms with Gasteiger partial charge in [0.1, 0.15) is 5.75 Å². The van der Waals surface area contributed by atoms with Crippen molar-refractivity contribution >= 4 is 17.5 Å². The molecule has 2 aliphatic rings. The third-order valence-electron chi connectivity index (χ3n) is 3.50. The van der Waals surface area contributed by atoms with E-state index in [0.29, 0.717) is 5.75 Å². The number of nitrogens with two attached hydrogens (primary N) is 1. The summed E-state index contributed by atoms with van der Waals surface area (Å²) >= 11 is 0. The Balaban J connectivity index is 2.34. The molecular formula is C14H13N3O2. The number of amidine groups is 1. The van der Waals surface area contributed by atoms with Crippen LogP contribution in [0.2, 0.25) is 0 Å². The predicted octanol–water partition coefficient (Wildman–Crippen LogP) is 0.942. The molecule has 0 saturated heterocycles. The number of fused-ring (bicyclic) bond motifs is 2. The molecule has 1 aromatic rings. The third kappa shape index (κ3) is 1.58. The molecule has 0 unspecified atom stereocenters. The summed E-state index contributed by atoms with van der Waals surface area (Å²) in [4.78, 5) is 19.8. The van der Waals surface area contributed by atoms with Crippen LogP contribution in [0.4, 0.5) is 4.79 Å². The van der Waals surface area contributed by atoms with Crippen molar-refractivity contribution in [2.24, 2.45) is 15.7 Å². The maximum atomic E-state index is 10.9. The van der Waals surface area contributed by atoms with Crippen LogP contribution >= 0.6 is 0 Å². The average molecular weight is 255 g/mol. The first-order valence-corrected chi connectivity index (χ1v) is 5.96. The number of amides is 1. The minimum atomic E-state index is -0.813. The van der Waals surface area contributed by atoms with Crippen LogP contribution in [0.1, 0.15) is 19.4 Å². The Labute approximate surface area is 109 Å². The maximum absolute atomic E-state index is 10.9. The van der Waals surface area contributed by atoms with Crippen molar-refractivity contribution in [3.8, 4) is 5.75 Å². The molecule has 1 aromatic carbocycles. The van der Waals surface area contributed by atoms with E-state index in [4.69, 9.17) is 10.5 Å². The highest BCUT2D eigenvalue weighted by Crippen LogP contribution is 2.27. The van der Waals surface area contributed by atoms with Gasteiger partial charge in [-0.25, -0.2) is 14.8 Å². The topological polar surface area (TPSA) is 77.0 Å². The van der Waals surface area contributed by atoms with Crippen LogP contribution in [-0.2, 0) is 0 Å². The molecule has 0 saturated carbocycles. The van der Waals surface area contributed by atoms with Crippen LogP contribution in [0, 0.1) is 6.92 Å². The Morgan fingerprint density at radius 3 is 2.63 bits per heavy atom. The first-order chi connectivity index (χ1) is 8.99. The Morgan fingerprint density at radius 1 is 1.21 bits per heavy atom. The second-order valence-corrected chi connectivity index (χ2v) is 4.64. The van der Waals surface area contributed by atoms with Crippen LogP contribution in [0.5, 0.6) is 5.75 Å². The molecule has 2 N–H and O–H groups in total. The summed E-state index contributed by atoms with van der Waals surface area (Å²) in [5, 5.41) is 1.83. The minimum Gasteiger partial charge on any atom is -0.410 e. The monoisotopic (exact) mass is 255 g/mol. The quantitative estimate of drug-likeness (QED) is 0.810. The fourth-order valence-electron chi connectivity index (χ4n) is 2.45. The zero-order chi connectivity index (χ0) is 13.7. The Hall–Kier alpha value is -2.43. The summed E-state index contributed by atoms with van der Waals surface area (Å²) in [7, 11) is 0. The lowest BCUT2D eigenvalue weighted by Crippen LogP contribution is -2.28. The Kier molecular flexibility index (Phi) is 2.32. The van der Waals surface area contributed by atoms with Crippen molar-refractivity contribution in [2.75, 3.05) is 0 Å². The molecule has 2 aliphatic heterocycles. The number of hydrogen-bond acceptors (Lipinski definition) is 4. The lowest BCUT2D eigenvalue weighted by Gasteiger charge is -2.05. The van der Waals surface area contributed by atoms with E-state index >= 15 is 0 Å². The molecule has 0 aliphatic carbocycles. The third-order valence-corrected chi connectivity index (χ3v) is 3.50. The first-order valence-electron chi connectivity index (χ1n) is 5.96. The number of rotatable bonds is 1. The summed E-state index contributed by atoms with van der Waals surface area (Å²) in [6.45, 7) is 5.87. The van der Waals surface area contributed by atoms with Gasteiger partial charge >= 0.3 is 6.09 Å². The second kappa shape index (κ2) is 3.78. The number of primary amides is 1. The van der Waals surface area contributed by atoms with Gasteiger partial charge in [0.2, 0.25) is 0 Å². The highest BCUT2D eigenvalue weighted by atomic mass is 16.5. The van der Waals surface area contributed by atoms with Gasteiger partial charge in [-0.15, -0.1) is 0 Å². The fraction of sp³-hybridized carbons (Fsp3) is 0.214. The molecule has 0 radical (unpaired) electrons. The molecule has 1 amide bonds. The fourth-order valence-corrected chi connectivity index (χ4v) is 2.45. The summed E-state index contributed by atoms with van der Waals surface area (Å²) in [6.07, 6.45) is -0.813. The SMILES string of the molecule is CC1=C(C)C2=c3c(C)c(OC(N)=O)ccc3=NC2=N1. The lowest BCUT2D eigenvalue weighted by atomic mass is 10.0. The van der Waals surface area contributed by atoms with Crippen molar-refractivity contribution in [1.82, 2.24) is 0 Å². The summed E-state index contributed by atoms with van der Waals surface area (Å²) in [6, 6.07) is 3.52. The normalized spacial score (nSPS) is 15.9. The molecule has 0 bridgehead atoms. The van der Waals surface area contributed by atoms with E-state index in [1.807, 2.05) is 26.8 Å². The van der Waals surface area contributed by atoms with Crippen LogP contribution in [0.15, 0.2) is 33.4 Å². The maximum Gasteiger partial charge on any atom is 0.409 e. The molecule has 0 aromatic heterocycles. The van der Waals surface area contributed by atoms with Crippen molar-refractivity contribution in [3.63, 3.8) is 0 Å². The van der Waals surface area contributed by atoms with E-state index in [1.165, 1.54) is 0 Å². The van der Waals surface area contributed by atoms with Crippen LogP contribution in [-0.4, -0.2) is 11.9 Å². The van der Waals surface area contributed by atoms with E-state index in [0.717, 1.165) is 38.8 Å². The van der Waals surface area contributed by atoms with Gasteiger partial charge in [-0.1, -0.05) is 0 Å².